The van der Waals surface area contributed by atoms with E-state index < -0.39 is 18.0 Å². The molecule has 3 N–H and O–H groups in total. The summed E-state index contributed by atoms with van der Waals surface area (Å²) < 4.78 is 5.62. The van der Waals surface area contributed by atoms with E-state index in [1.54, 1.807) is 0 Å². The van der Waals surface area contributed by atoms with Crippen LogP contribution in [0, 0.1) is 17.8 Å². The first-order chi connectivity index (χ1) is 17.0. The number of benzene rings is 2. The lowest BCUT2D eigenvalue weighted by Crippen LogP contribution is -2.49. The quantitative estimate of drug-likeness (QED) is 0.527. The Morgan fingerprint density at radius 1 is 0.914 bits per heavy atom. The smallest absolute Gasteiger partial charge is 0.407 e. The summed E-state index contributed by atoms with van der Waals surface area (Å²) >= 11 is 0. The van der Waals surface area contributed by atoms with E-state index in [1.807, 2.05) is 24.3 Å². The number of carboxylic acids is 1. The molecule has 0 bridgehead atoms. The number of alkyl carbamates (subject to hydrolysis) is 1. The standard InChI is InChI=1S/C28H32N2O5/c31-26(30-25-14-6-13-22(25)27(32)33)23(17-7-5-8-17)15-29-28(34)35-16-24-20-11-3-1-9-18(20)19-10-2-4-12-21(19)24/h1-4,9-12,17,22-25H,5-8,13-16H2,(H,29,34)(H,30,31)(H,32,33)/t22-,23?,25+/m0/s1. The predicted molar refractivity (Wildman–Crippen MR) is 131 cm³/mol. The van der Waals surface area contributed by atoms with E-state index in [9.17, 15) is 19.5 Å². The molecule has 2 saturated carbocycles. The highest BCUT2D eigenvalue weighted by Gasteiger charge is 2.38. The van der Waals surface area contributed by atoms with Crippen LogP contribution in [0.15, 0.2) is 48.5 Å². The van der Waals surface area contributed by atoms with Crippen molar-refractivity contribution < 1.29 is 24.2 Å². The van der Waals surface area contributed by atoms with Crippen molar-refractivity contribution in [3.63, 3.8) is 0 Å². The van der Waals surface area contributed by atoms with E-state index in [0.29, 0.717) is 12.8 Å². The van der Waals surface area contributed by atoms with Gasteiger partial charge in [-0.05, 0) is 53.9 Å². The average Bonchev–Trinajstić information content (AvgIpc) is 3.41. The van der Waals surface area contributed by atoms with Gasteiger partial charge < -0.3 is 20.5 Å². The number of ether oxygens (including phenoxy) is 1. The van der Waals surface area contributed by atoms with Crippen molar-refractivity contribution in [1.29, 1.82) is 0 Å². The third kappa shape index (κ3) is 4.77. The third-order valence-electron chi connectivity index (χ3n) is 8.03. The number of carbonyl (C=O) groups excluding carboxylic acids is 2. The van der Waals surface area contributed by atoms with Crippen LogP contribution in [-0.2, 0) is 14.3 Å². The van der Waals surface area contributed by atoms with Crippen LogP contribution < -0.4 is 10.6 Å². The van der Waals surface area contributed by atoms with Crippen molar-refractivity contribution in [3.05, 3.63) is 59.7 Å². The maximum atomic E-state index is 13.1. The van der Waals surface area contributed by atoms with Crippen LogP contribution in [0.5, 0.6) is 0 Å². The fourth-order valence-corrected chi connectivity index (χ4v) is 5.88. The number of carbonyl (C=O) groups is 3. The van der Waals surface area contributed by atoms with Crippen LogP contribution in [0.1, 0.15) is 55.6 Å². The van der Waals surface area contributed by atoms with E-state index in [1.165, 1.54) is 11.1 Å². The molecular formula is C28H32N2O5. The normalized spacial score (nSPS) is 21.9. The molecule has 2 amide bonds. The summed E-state index contributed by atoms with van der Waals surface area (Å²) in [4.78, 5) is 37.2. The van der Waals surface area contributed by atoms with E-state index in [4.69, 9.17) is 4.74 Å². The first-order valence-corrected chi connectivity index (χ1v) is 12.6. The number of rotatable bonds is 8. The van der Waals surface area contributed by atoms with Gasteiger partial charge in [-0.3, -0.25) is 9.59 Å². The summed E-state index contributed by atoms with van der Waals surface area (Å²) in [5.74, 6) is -1.74. The van der Waals surface area contributed by atoms with Crippen LogP contribution in [0.3, 0.4) is 0 Å². The zero-order valence-corrected chi connectivity index (χ0v) is 19.7. The van der Waals surface area contributed by atoms with E-state index in [0.717, 1.165) is 36.8 Å². The van der Waals surface area contributed by atoms with E-state index in [2.05, 4.69) is 34.9 Å². The Labute approximate surface area is 205 Å². The maximum Gasteiger partial charge on any atom is 0.407 e. The molecule has 0 spiro atoms. The van der Waals surface area contributed by atoms with E-state index >= 15 is 0 Å². The third-order valence-corrected chi connectivity index (χ3v) is 8.03. The molecule has 5 rings (SSSR count). The number of aliphatic carboxylic acids is 1. The Kier molecular flexibility index (Phi) is 6.75. The summed E-state index contributed by atoms with van der Waals surface area (Å²) in [6, 6.07) is 16.0. The molecule has 3 aliphatic rings. The van der Waals surface area contributed by atoms with Crippen LogP contribution in [-0.4, -0.2) is 42.3 Å². The van der Waals surface area contributed by atoms with Crippen LogP contribution in [0.2, 0.25) is 0 Å². The Morgan fingerprint density at radius 3 is 2.14 bits per heavy atom. The minimum Gasteiger partial charge on any atom is -0.481 e. The molecule has 2 fully saturated rings. The van der Waals surface area contributed by atoms with E-state index in [-0.39, 0.29) is 42.9 Å². The van der Waals surface area contributed by atoms with Gasteiger partial charge in [0, 0.05) is 18.5 Å². The van der Waals surface area contributed by atoms with Crippen molar-refractivity contribution in [1.82, 2.24) is 10.6 Å². The molecular weight excluding hydrogens is 444 g/mol. The summed E-state index contributed by atoms with van der Waals surface area (Å²) in [7, 11) is 0. The molecule has 0 aromatic heterocycles. The topological polar surface area (TPSA) is 105 Å². The first-order valence-electron chi connectivity index (χ1n) is 12.6. The average molecular weight is 477 g/mol. The SMILES string of the molecule is O=C(NCC(C(=O)N[C@@H]1CCC[C@@H]1C(=O)O)C1CCC1)OCC1c2ccccc2-c2ccccc21. The molecule has 3 atom stereocenters. The van der Waals surface area contributed by atoms with Gasteiger partial charge in [0.15, 0.2) is 0 Å². The highest BCUT2D eigenvalue weighted by atomic mass is 16.5. The van der Waals surface area contributed by atoms with Gasteiger partial charge in [0.05, 0.1) is 11.8 Å². The minimum absolute atomic E-state index is 0.0193. The van der Waals surface area contributed by atoms with Gasteiger partial charge in [0.2, 0.25) is 5.91 Å². The Bertz CT molecular complexity index is 1070. The van der Waals surface area contributed by atoms with Gasteiger partial charge >= 0.3 is 12.1 Å². The molecule has 7 nitrogen and oxygen atoms in total. The fraction of sp³-hybridized carbons (Fsp3) is 0.464. The summed E-state index contributed by atoms with van der Waals surface area (Å²) in [5, 5.41) is 15.2. The van der Waals surface area contributed by atoms with Crippen LogP contribution >= 0.6 is 0 Å². The molecule has 2 aromatic rings. The second-order valence-corrected chi connectivity index (χ2v) is 9.99. The fourth-order valence-electron chi connectivity index (χ4n) is 5.88. The highest BCUT2D eigenvalue weighted by molar-refractivity contribution is 5.82. The Hall–Kier alpha value is -3.35. The minimum atomic E-state index is -0.857. The number of hydrogen-bond acceptors (Lipinski definition) is 4. The number of nitrogens with one attached hydrogen (secondary N) is 2. The zero-order valence-electron chi connectivity index (χ0n) is 19.7. The molecule has 1 unspecified atom stereocenters. The lowest BCUT2D eigenvalue weighted by atomic mass is 9.75. The second-order valence-electron chi connectivity index (χ2n) is 9.99. The van der Waals surface area contributed by atoms with Gasteiger partial charge in [0.1, 0.15) is 6.61 Å². The monoisotopic (exact) mass is 476 g/mol. The van der Waals surface area contributed by atoms with Crippen molar-refractivity contribution in [2.24, 2.45) is 17.8 Å². The van der Waals surface area contributed by atoms with Crippen molar-refractivity contribution in [3.8, 4) is 11.1 Å². The number of hydrogen-bond donors (Lipinski definition) is 3. The molecule has 184 valence electrons. The largest absolute Gasteiger partial charge is 0.481 e. The van der Waals surface area contributed by atoms with Crippen molar-refractivity contribution in [2.45, 2.75) is 50.5 Å². The first kappa shape index (κ1) is 23.4. The van der Waals surface area contributed by atoms with Crippen LogP contribution in [0.4, 0.5) is 4.79 Å². The predicted octanol–water partition coefficient (Wildman–Crippen LogP) is 4.31. The Morgan fingerprint density at radius 2 is 1.54 bits per heavy atom. The number of carboxylic acid groups (broad SMARTS) is 1. The summed E-state index contributed by atoms with van der Waals surface area (Å²) in [6.07, 6.45) is 4.49. The van der Waals surface area contributed by atoms with Gasteiger partial charge in [-0.2, -0.15) is 0 Å². The molecule has 2 aromatic carbocycles. The van der Waals surface area contributed by atoms with Crippen molar-refractivity contribution in [2.75, 3.05) is 13.2 Å². The Balaban J connectivity index is 1.18. The molecule has 0 heterocycles. The second kappa shape index (κ2) is 10.1. The summed E-state index contributed by atoms with van der Waals surface area (Å²) in [5.41, 5.74) is 4.64. The maximum absolute atomic E-state index is 13.1. The van der Waals surface area contributed by atoms with Gasteiger partial charge in [-0.1, -0.05) is 61.4 Å². The van der Waals surface area contributed by atoms with Crippen molar-refractivity contribution >= 4 is 18.0 Å². The molecule has 0 aliphatic heterocycles. The van der Waals surface area contributed by atoms with Gasteiger partial charge in [0.25, 0.3) is 0 Å². The van der Waals surface area contributed by atoms with Gasteiger partial charge in [-0.15, -0.1) is 0 Å². The van der Waals surface area contributed by atoms with Gasteiger partial charge in [-0.25, -0.2) is 4.79 Å². The lowest BCUT2D eigenvalue weighted by Gasteiger charge is -2.34. The summed E-state index contributed by atoms with van der Waals surface area (Å²) in [6.45, 7) is 0.417. The molecule has 0 saturated heterocycles. The lowest BCUT2D eigenvalue weighted by molar-refractivity contribution is -0.142. The zero-order chi connectivity index (χ0) is 24.4. The highest BCUT2D eigenvalue weighted by Crippen LogP contribution is 2.44. The molecule has 3 aliphatic carbocycles. The molecule has 0 radical (unpaired) electrons. The molecule has 7 heteroatoms. The number of amides is 2. The number of fused-ring (bicyclic) bond motifs is 3. The van der Waals surface area contributed by atoms with Crippen LogP contribution in [0.25, 0.3) is 11.1 Å². The molecule has 35 heavy (non-hydrogen) atoms.